The van der Waals surface area contributed by atoms with E-state index in [0.29, 0.717) is 5.56 Å². The number of nitrogens with two attached hydrogens (primary N) is 1. The van der Waals surface area contributed by atoms with Crippen LogP contribution in [0.2, 0.25) is 0 Å². The lowest BCUT2D eigenvalue weighted by Gasteiger charge is -2.31. The molecule has 108 valence electrons. The molecule has 0 aliphatic heterocycles. The molecule has 0 amide bonds. The van der Waals surface area contributed by atoms with Gasteiger partial charge >= 0.3 is 5.97 Å². The molecule has 19 heavy (non-hydrogen) atoms. The minimum atomic E-state index is -0.434. The number of nitrogens with zero attached hydrogens (tertiary/aromatic N) is 3. The molecule has 7 heteroatoms. The van der Waals surface area contributed by atoms with Crippen LogP contribution in [0.15, 0.2) is 0 Å². The van der Waals surface area contributed by atoms with Crippen LogP contribution in [-0.4, -0.2) is 55.6 Å². The lowest BCUT2D eigenvalue weighted by molar-refractivity contribution is 0.0603. The van der Waals surface area contributed by atoms with E-state index in [4.69, 9.17) is 10.5 Å². The van der Waals surface area contributed by atoms with E-state index in [0.717, 1.165) is 18.1 Å². The average Bonchev–Trinajstić information content (AvgIpc) is 2.70. The third-order valence-electron chi connectivity index (χ3n) is 2.85. The summed E-state index contributed by atoms with van der Waals surface area (Å²) in [5.41, 5.74) is 6.15. The van der Waals surface area contributed by atoms with Gasteiger partial charge in [-0.3, -0.25) is 0 Å². The predicted molar refractivity (Wildman–Crippen MR) is 78.9 cm³/mol. The van der Waals surface area contributed by atoms with Crippen molar-refractivity contribution in [3.63, 3.8) is 0 Å². The molecule has 0 aromatic carbocycles. The molecule has 1 rings (SSSR count). The molecule has 0 bridgehead atoms. The summed E-state index contributed by atoms with van der Waals surface area (Å²) in [6.07, 6.45) is 0. The van der Waals surface area contributed by atoms with Crippen LogP contribution in [-0.2, 0) is 4.74 Å². The first-order chi connectivity index (χ1) is 8.92. The second-order valence-electron chi connectivity index (χ2n) is 4.64. The number of esters is 1. The van der Waals surface area contributed by atoms with Gasteiger partial charge in [0.15, 0.2) is 5.82 Å². The maximum atomic E-state index is 11.8. The first kappa shape index (κ1) is 15.7. The molecule has 0 aliphatic rings. The molecule has 0 aliphatic carbocycles. The molecule has 1 aromatic rings. The number of likely N-dealkylation sites (N-methyl/N-ethyl adjacent to an activating group) is 2. The zero-order valence-electron chi connectivity index (χ0n) is 12.1. The van der Waals surface area contributed by atoms with Crippen molar-refractivity contribution in [1.82, 2.24) is 9.27 Å². The topological polar surface area (TPSA) is 71.7 Å². The molecule has 1 heterocycles. The fraction of sp³-hybridized carbons (Fsp3) is 0.667. The van der Waals surface area contributed by atoms with Crippen molar-refractivity contribution in [2.75, 3.05) is 44.9 Å². The molecule has 2 N–H and O–H groups in total. The van der Waals surface area contributed by atoms with E-state index in [9.17, 15) is 4.79 Å². The smallest absolute Gasteiger partial charge is 0.344 e. The van der Waals surface area contributed by atoms with Gasteiger partial charge in [-0.05, 0) is 39.5 Å². The number of rotatable bonds is 6. The number of nitrogen functional groups attached to an aromatic ring is 1. The molecule has 0 saturated carbocycles. The van der Waals surface area contributed by atoms with Crippen molar-refractivity contribution in [3.05, 3.63) is 5.56 Å². The number of ether oxygens (including phenoxy) is 1. The largest absolute Gasteiger partial charge is 0.465 e. The summed E-state index contributed by atoms with van der Waals surface area (Å²) in [4.78, 5) is 16.0. The van der Waals surface area contributed by atoms with E-state index >= 15 is 0 Å². The number of methoxy groups -OCH3 is 1. The summed E-state index contributed by atoms with van der Waals surface area (Å²) in [5.74, 6) is -0.195. The highest BCUT2D eigenvalue weighted by molar-refractivity contribution is 7.11. The van der Waals surface area contributed by atoms with Gasteiger partial charge in [0.1, 0.15) is 10.6 Å². The number of anilines is 2. The normalized spacial score (nSPS) is 12.5. The van der Waals surface area contributed by atoms with Gasteiger partial charge in [0.05, 0.1) is 7.11 Å². The molecule has 6 nitrogen and oxygen atoms in total. The highest BCUT2D eigenvalue weighted by Crippen LogP contribution is 2.32. The molecule has 0 saturated heterocycles. The van der Waals surface area contributed by atoms with Crippen molar-refractivity contribution < 1.29 is 9.53 Å². The number of carbonyl (C=O) groups excluding carboxylic acids is 1. The van der Waals surface area contributed by atoms with Crippen molar-refractivity contribution in [3.8, 4) is 0 Å². The highest BCUT2D eigenvalue weighted by Gasteiger charge is 2.26. The Balaban J connectivity index is 3.08. The Kier molecular flexibility index (Phi) is 5.56. The first-order valence-electron chi connectivity index (χ1n) is 6.17. The second kappa shape index (κ2) is 6.72. The summed E-state index contributed by atoms with van der Waals surface area (Å²) in [7, 11) is 5.39. The molecule has 0 spiro atoms. The number of hydrogen-bond acceptors (Lipinski definition) is 7. The third kappa shape index (κ3) is 3.57. The summed E-state index contributed by atoms with van der Waals surface area (Å²) in [5, 5.41) is 0.779. The van der Waals surface area contributed by atoms with Gasteiger partial charge in [0.25, 0.3) is 0 Å². The standard InChI is InChI=1S/C12H22N4O2S/c1-6-16(8(2)7-15(3)4)11-9(12(17)18-5)10(13)14-19-11/h8H,6-7H2,1-5H3,(H2,13,14). The summed E-state index contributed by atoms with van der Waals surface area (Å²) >= 11 is 1.24. The van der Waals surface area contributed by atoms with Gasteiger partial charge in [-0.25, -0.2) is 4.79 Å². The van der Waals surface area contributed by atoms with Gasteiger partial charge in [-0.1, -0.05) is 0 Å². The Labute approximate surface area is 118 Å². The Morgan fingerprint density at radius 3 is 2.63 bits per heavy atom. The fourth-order valence-electron chi connectivity index (χ4n) is 2.07. The fourth-order valence-corrected chi connectivity index (χ4v) is 3.03. The maximum absolute atomic E-state index is 11.8. The molecular formula is C12H22N4O2S. The summed E-state index contributed by atoms with van der Waals surface area (Å²) in [6.45, 7) is 5.82. The number of hydrogen-bond donors (Lipinski definition) is 1. The van der Waals surface area contributed by atoms with E-state index in [1.165, 1.54) is 18.6 Å². The van der Waals surface area contributed by atoms with Crippen molar-refractivity contribution >= 4 is 28.3 Å². The Morgan fingerprint density at radius 1 is 1.53 bits per heavy atom. The van der Waals surface area contributed by atoms with Gasteiger partial charge in [0.2, 0.25) is 0 Å². The van der Waals surface area contributed by atoms with E-state index in [1.54, 1.807) is 0 Å². The van der Waals surface area contributed by atoms with Crippen LogP contribution in [0.4, 0.5) is 10.8 Å². The zero-order chi connectivity index (χ0) is 14.6. The van der Waals surface area contributed by atoms with Crippen LogP contribution in [0.25, 0.3) is 0 Å². The van der Waals surface area contributed by atoms with Gasteiger partial charge in [0, 0.05) is 19.1 Å². The average molecular weight is 286 g/mol. The monoisotopic (exact) mass is 286 g/mol. The lowest BCUT2D eigenvalue weighted by Crippen LogP contribution is -2.40. The van der Waals surface area contributed by atoms with E-state index in [1.807, 2.05) is 21.0 Å². The Hall–Kier alpha value is -1.34. The SMILES string of the molecule is CCN(c1snc(N)c1C(=O)OC)C(C)CN(C)C. The van der Waals surface area contributed by atoms with E-state index < -0.39 is 5.97 Å². The van der Waals surface area contributed by atoms with Crippen molar-refractivity contribution in [2.45, 2.75) is 19.9 Å². The van der Waals surface area contributed by atoms with Crippen LogP contribution in [0, 0.1) is 0 Å². The lowest BCUT2D eigenvalue weighted by atomic mass is 10.2. The van der Waals surface area contributed by atoms with Gasteiger partial charge < -0.3 is 20.3 Å². The van der Waals surface area contributed by atoms with Crippen LogP contribution in [0.3, 0.4) is 0 Å². The molecule has 1 aromatic heterocycles. The Morgan fingerprint density at radius 2 is 2.16 bits per heavy atom. The first-order valence-corrected chi connectivity index (χ1v) is 6.94. The van der Waals surface area contributed by atoms with Gasteiger partial charge in [-0.15, -0.1) is 0 Å². The van der Waals surface area contributed by atoms with Crippen molar-refractivity contribution in [2.24, 2.45) is 0 Å². The Bertz CT molecular complexity index is 433. The third-order valence-corrected chi connectivity index (χ3v) is 3.75. The molecule has 1 unspecified atom stereocenters. The quantitative estimate of drug-likeness (QED) is 0.795. The predicted octanol–water partition coefficient (Wildman–Crippen LogP) is 1.29. The molecule has 0 fully saturated rings. The van der Waals surface area contributed by atoms with E-state index in [2.05, 4.69) is 21.1 Å². The minimum absolute atomic E-state index is 0.238. The van der Waals surface area contributed by atoms with Crippen LogP contribution < -0.4 is 10.6 Å². The highest BCUT2D eigenvalue weighted by atomic mass is 32.1. The molecular weight excluding hydrogens is 264 g/mol. The molecule has 1 atom stereocenters. The van der Waals surface area contributed by atoms with Crippen LogP contribution in [0.1, 0.15) is 24.2 Å². The van der Waals surface area contributed by atoms with Crippen molar-refractivity contribution in [1.29, 1.82) is 0 Å². The van der Waals surface area contributed by atoms with Crippen LogP contribution >= 0.6 is 11.5 Å². The maximum Gasteiger partial charge on any atom is 0.344 e. The number of aromatic nitrogens is 1. The minimum Gasteiger partial charge on any atom is -0.465 e. The zero-order valence-corrected chi connectivity index (χ0v) is 13.0. The molecule has 0 radical (unpaired) electrons. The number of carbonyl (C=O) groups is 1. The van der Waals surface area contributed by atoms with Crippen LogP contribution in [0.5, 0.6) is 0 Å². The second-order valence-corrected chi connectivity index (χ2v) is 5.39. The summed E-state index contributed by atoms with van der Waals surface area (Å²) in [6, 6.07) is 0.253. The van der Waals surface area contributed by atoms with E-state index in [-0.39, 0.29) is 11.9 Å². The van der Waals surface area contributed by atoms with Gasteiger partial charge in [-0.2, -0.15) is 4.37 Å². The summed E-state index contributed by atoms with van der Waals surface area (Å²) < 4.78 is 8.86.